The lowest BCUT2D eigenvalue weighted by Crippen LogP contribution is -2.47. The summed E-state index contributed by atoms with van der Waals surface area (Å²) in [5.41, 5.74) is 1.22. The van der Waals surface area contributed by atoms with Crippen molar-refractivity contribution >= 4 is 11.3 Å². The summed E-state index contributed by atoms with van der Waals surface area (Å²) >= 11 is 1.73. The number of rotatable bonds is 4. The van der Waals surface area contributed by atoms with Crippen molar-refractivity contribution in [2.45, 2.75) is 62.0 Å². The summed E-state index contributed by atoms with van der Waals surface area (Å²) < 4.78 is 2.45. The van der Waals surface area contributed by atoms with E-state index in [0.29, 0.717) is 12.0 Å². The smallest absolute Gasteiger partial charge is 0.144 e. The van der Waals surface area contributed by atoms with E-state index in [2.05, 4.69) is 31.6 Å². The molecule has 3 aliphatic rings. The Bertz CT molecular complexity index is 664. The summed E-state index contributed by atoms with van der Waals surface area (Å²) in [6.45, 7) is 0. The summed E-state index contributed by atoms with van der Waals surface area (Å²) in [6.07, 6.45) is 6.43. The zero-order valence-corrected chi connectivity index (χ0v) is 12.7. The first kappa shape index (κ1) is 12.4. The maximum absolute atomic E-state index is 9.96. The van der Waals surface area contributed by atoms with Gasteiger partial charge in [-0.3, -0.25) is 0 Å². The van der Waals surface area contributed by atoms with E-state index >= 15 is 0 Å². The van der Waals surface area contributed by atoms with Crippen LogP contribution in [0.15, 0.2) is 16.8 Å². The number of hydrogen-bond donors (Lipinski definition) is 1. The van der Waals surface area contributed by atoms with Crippen LogP contribution in [-0.4, -0.2) is 26.0 Å². The Morgan fingerprint density at radius 2 is 2.00 bits per heavy atom. The van der Waals surface area contributed by atoms with Gasteiger partial charge in [0.05, 0.1) is 11.5 Å². The van der Waals surface area contributed by atoms with Gasteiger partial charge in [-0.25, -0.2) is 0 Å². The monoisotopic (exact) mass is 301 g/mol. The van der Waals surface area contributed by atoms with Gasteiger partial charge >= 0.3 is 0 Å². The molecule has 21 heavy (non-hydrogen) atoms. The zero-order chi connectivity index (χ0) is 14.0. The molecular weight excluding hydrogens is 282 g/mol. The molecule has 3 aliphatic carbocycles. The van der Waals surface area contributed by atoms with E-state index < -0.39 is 0 Å². The molecule has 0 bridgehead atoms. The van der Waals surface area contributed by atoms with Gasteiger partial charge in [0.25, 0.3) is 0 Å². The SMILES string of the molecule is O[C@H]1C[C@](c2ccsc2)(c2nnc(C3CC3)n2C2CC2)C1. The number of aromatic nitrogens is 3. The highest BCUT2D eigenvalue weighted by Gasteiger charge is 2.52. The van der Waals surface area contributed by atoms with Crippen LogP contribution in [0.1, 0.15) is 67.7 Å². The molecule has 0 aliphatic heterocycles. The molecule has 0 aromatic carbocycles. The number of aliphatic hydroxyl groups is 1. The third-order valence-corrected chi connectivity index (χ3v) is 5.93. The Morgan fingerprint density at radius 1 is 1.19 bits per heavy atom. The Balaban J connectivity index is 1.65. The van der Waals surface area contributed by atoms with Crippen molar-refractivity contribution in [1.29, 1.82) is 0 Å². The fraction of sp³-hybridized carbons (Fsp3) is 0.625. The lowest BCUT2D eigenvalue weighted by atomic mass is 9.62. The van der Waals surface area contributed by atoms with E-state index in [1.807, 2.05) is 0 Å². The number of thiophene rings is 1. The molecule has 4 nitrogen and oxygen atoms in total. The largest absolute Gasteiger partial charge is 0.393 e. The summed E-state index contributed by atoms with van der Waals surface area (Å²) in [6, 6.07) is 2.80. The molecule has 3 saturated carbocycles. The molecule has 5 heteroatoms. The van der Waals surface area contributed by atoms with Crippen LogP contribution in [0.3, 0.4) is 0 Å². The maximum atomic E-state index is 9.96. The standard InChI is InChI=1S/C16H19N3OS/c20-13-7-16(8-13,11-5-6-21-9-11)15-18-17-14(10-1-2-10)19(15)12-3-4-12/h5-6,9-10,12-13,20H,1-4,7-8H2/t13-,16-. The molecule has 5 rings (SSSR count). The van der Waals surface area contributed by atoms with Crippen LogP contribution in [0, 0.1) is 0 Å². The number of nitrogens with zero attached hydrogens (tertiary/aromatic N) is 3. The highest BCUT2D eigenvalue weighted by Crippen LogP contribution is 2.53. The second kappa shape index (κ2) is 4.17. The zero-order valence-electron chi connectivity index (χ0n) is 11.9. The maximum Gasteiger partial charge on any atom is 0.144 e. The Labute approximate surface area is 127 Å². The topological polar surface area (TPSA) is 50.9 Å². The molecule has 3 fully saturated rings. The van der Waals surface area contributed by atoms with Crippen molar-refractivity contribution in [3.05, 3.63) is 34.0 Å². The first-order valence-corrected chi connectivity index (χ1v) is 8.88. The van der Waals surface area contributed by atoms with Crippen LogP contribution < -0.4 is 0 Å². The quantitative estimate of drug-likeness (QED) is 0.944. The molecular formula is C16H19N3OS. The van der Waals surface area contributed by atoms with E-state index in [1.54, 1.807) is 11.3 Å². The number of hydrogen-bond acceptors (Lipinski definition) is 4. The summed E-state index contributed by atoms with van der Waals surface area (Å²) in [5, 5.41) is 23.5. The lowest BCUT2D eigenvalue weighted by molar-refractivity contribution is 0.0319. The normalized spacial score (nSPS) is 32.1. The Morgan fingerprint density at radius 3 is 2.57 bits per heavy atom. The van der Waals surface area contributed by atoms with Crippen molar-refractivity contribution in [2.24, 2.45) is 0 Å². The van der Waals surface area contributed by atoms with Crippen molar-refractivity contribution in [1.82, 2.24) is 14.8 Å². The van der Waals surface area contributed by atoms with Crippen LogP contribution in [0.4, 0.5) is 0 Å². The molecule has 0 saturated heterocycles. The van der Waals surface area contributed by atoms with Gasteiger partial charge in [0.2, 0.25) is 0 Å². The van der Waals surface area contributed by atoms with E-state index in [-0.39, 0.29) is 11.5 Å². The van der Waals surface area contributed by atoms with E-state index in [1.165, 1.54) is 37.1 Å². The summed E-state index contributed by atoms with van der Waals surface area (Å²) in [7, 11) is 0. The first-order valence-electron chi connectivity index (χ1n) is 7.94. The van der Waals surface area contributed by atoms with Gasteiger partial charge < -0.3 is 9.67 Å². The number of aliphatic hydroxyl groups excluding tert-OH is 1. The van der Waals surface area contributed by atoms with Crippen LogP contribution in [0.2, 0.25) is 0 Å². The molecule has 110 valence electrons. The van der Waals surface area contributed by atoms with Crippen molar-refractivity contribution < 1.29 is 5.11 Å². The van der Waals surface area contributed by atoms with Crippen LogP contribution in [0.5, 0.6) is 0 Å². The van der Waals surface area contributed by atoms with Gasteiger partial charge in [0.1, 0.15) is 11.6 Å². The molecule has 0 radical (unpaired) electrons. The van der Waals surface area contributed by atoms with Gasteiger partial charge in [-0.1, -0.05) is 0 Å². The second-order valence-corrected chi connectivity index (χ2v) is 7.69. The molecule has 2 aromatic heterocycles. The molecule has 0 spiro atoms. The molecule has 0 amide bonds. The third kappa shape index (κ3) is 1.77. The average Bonchev–Trinajstić information content (AvgIpc) is 3.37. The predicted octanol–water partition coefficient (Wildman–Crippen LogP) is 2.99. The van der Waals surface area contributed by atoms with Crippen LogP contribution in [0.25, 0.3) is 0 Å². The van der Waals surface area contributed by atoms with E-state index in [4.69, 9.17) is 0 Å². The molecule has 2 heterocycles. The van der Waals surface area contributed by atoms with Crippen LogP contribution in [-0.2, 0) is 5.41 Å². The first-order chi connectivity index (χ1) is 10.3. The molecule has 1 N–H and O–H groups in total. The summed E-state index contributed by atoms with van der Waals surface area (Å²) in [4.78, 5) is 0. The Kier molecular flexibility index (Phi) is 2.45. The second-order valence-electron chi connectivity index (χ2n) is 6.91. The third-order valence-electron chi connectivity index (χ3n) is 5.25. The lowest BCUT2D eigenvalue weighted by Gasteiger charge is -2.44. The van der Waals surface area contributed by atoms with Crippen molar-refractivity contribution in [3.8, 4) is 0 Å². The summed E-state index contributed by atoms with van der Waals surface area (Å²) in [5.74, 6) is 2.97. The molecule has 0 unspecified atom stereocenters. The van der Waals surface area contributed by atoms with Crippen molar-refractivity contribution in [3.63, 3.8) is 0 Å². The van der Waals surface area contributed by atoms with Crippen LogP contribution >= 0.6 is 11.3 Å². The fourth-order valence-electron chi connectivity index (χ4n) is 3.77. The van der Waals surface area contributed by atoms with Crippen molar-refractivity contribution in [2.75, 3.05) is 0 Å². The molecule has 0 atom stereocenters. The van der Waals surface area contributed by atoms with E-state index in [0.717, 1.165) is 18.7 Å². The Hall–Kier alpha value is -1.20. The van der Waals surface area contributed by atoms with Gasteiger partial charge in [0, 0.05) is 12.0 Å². The van der Waals surface area contributed by atoms with Gasteiger partial charge in [0.15, 0.2) is 0 Å². The molecule has 2 aromatic rings. The average molecular weight is 301 g/mol. The fourth-order valence-corrected chi connectivity index (χ4v) is 4.53. The van der Waals surface area contributed by atoms with Gasteiger partial charge in [-0.05, 0) is 60.9 Å². The van der Waals surface area contributed by atoms with Gasteiger partial charge in [-0.2, -0.15) is 11.3 Å². The predicted molar refractivity (Wildman–Crippen MR) is 80.6 cm³/mol. The minimum atomic E-state index is -0.196. The highest BCUT2D eigenvalue weighted by atomic mass is 32.1. The van der Waals surface area contributed by atoms with E-state index in [9.17, 15) is 5.11 Å². The van der Waals surface area contributed by atoms with Gasteiger partial charge in [-0.15, -0.1) is 10.2 Å². The minimum Gasteiger partial charge on any atom is -0.393 e. The highest BCUT2D eigenvalue weighted by molar-refractivity contribution is 7.08. The minimum absolute atomic E-state index is 0.0951.